The van der Waals surface area contributed by atoms with E-state index in [1.54, 1.807) is 40.5 Å². The maximum atomic E-state index is 13.4. The van der Waals surface area contributed by atoms with Gasteiger partial charge in [0.25, 0.3) is 10.0 Å². The molecule has 0 N–H and O–H groups in total. The normalized spacial score (nSPS) is 13.7. The van der Waals surface area contributed by atoms with E-state index in [2.05, 4.69) is 16.1 Å². The third kappa shape index (κ3) is 3.73. The van der Waals surface area contributed by atoms with Crippen molar-refractivity contribution in [1.82, 2.24) is 19.2 Å². The predicted octanol–water partition coefficient (Wildman–Crippen LogP) is 6.15. The van der Waals surface area contributed by atoms with Crippen molar-refractivity contribution in [3.63, 3.8) is 0 Å². The van der Waals surface area contributed by atoms with Crippen LogP contribution in [-0.2, 0) is 16.6 Å². The van der Waals surface area contributed by atoms with Gasteiger partial charge in [0.05, 0.1) is 15.9 Å². The number of para-hydroxylation sites is 3. The van der Waals surface area contributed by atoms with Gasteiger partial charge in [-0.3, -0.25) is 4.90 Å². The molecule has 0 amide bonds. The molecule has 4 aromatic carbocycles. The van der Waals surface area contributed by atoms with Gasteiger partial charge in [-0.15, -0.1) is 20.5 Å². The summed E-state index contributed by atoms with van der Waals surface area (Å²) in [5.41, 5.74) is 3.28. The zero-order valence-electron chi connectivity index (χ0n) is 19.8. The van der Waals surface area contributed by atoms with Crippen molar-refractivity contribution >= 4 is 48.9 Å². The summed E-state index contributed by atoms with van der Waals surface area (Å²) in [5, 5.41) is 5.26. The van der Waals surface area contributed by atoms with Gasteiger partial charge < -0.3 is 4.74 Å². The molecule has 7 rings (SSSR count). The van der Waals surface area contributed by atoms with E-state index in [0.29, 0.717) is 11.4 Å². The molecule has 0 fully saturated rings. The first kappa shape index (κ1) is 22.6. The second-order valence-electron chi connectivity index (χ2n) is 8.61. The Morgan fingerprint density at radius 2 is 1.53 bits per heavy atom. The monoisotopic (exact) mass is 537 g/mol. The molecule has 10 heteroatoms. The highest BCUT2D eigenvalue weighted by molar-refractivity contribution is 7.90. The summed E-state index contributed by atoms with van der Waals surface area (Å²) in [6, 6.07) is 32.0. The van der Waals surface area contributed by atoms with E-state index >= 15 is 0 Å². The van der Waals surface area contributed by atoms with Crippen LogP contribution in [-0.4, -0.2) is 27.6 Å². The topological polar surface area (TPSA) is 90.2 Å². The zero-order chi connectivity index (χ0) is 25.7. The molecular weight excluding hydrogens is 518 g/mol. The van der Waals surface area contributed by atoms with E-state index in [4.69, 9.17) is 9.72 Å². The number of ether oxygens (including phenoxy) is 1. The summed E-state index contributed by atoms with van der Waals surface area (Å²) >= 11 is 1.64. The number of anilines is 3. The highest BCUT2D eigenvalue weighted by Gasteiger charge is 2.37. The number of hydrogen-bond donors (Lipinski definition) is 0. The third-order valence-electron chi connectivity index (χ3n) is 6.20. The minimum Gasteiger partial charge on any atom is -0.486 e. The zero-order valence-corrected chi connectivity index (χ0v) is 21.4. The van der Waals surface area contributed by atoms with Crippen LogP contribution in [0.3, 0.4) is 0 Å². The predicted molar refractivity (Wildman–Crippen MR) is 147 cm³/mol. The maximum Gasteiger partial charge on any atom is 0.288 e. The Morgan fingerprint density at radius 1 is 0.789 bits per heavy atom. The van der Waals surface area contributed by atoms with Crippen molar-refractivity contribution < 1.29 is 13.2 Å². The van der Waals surface area contributed by atoms with E-state index in [0.717, 1.165) is 30.6 Å². The fourth-order valence-corrected chi connectivity index (χ4v) is 6.79. The molecule has 3 heterocycles. The molecule has 0 saturated heterocycles. The number of hydrogen-bond acceptors (Lipinski definition) is 8. The highest BCUT2D eigenvalue weighted by Crippen LogP contribution is 2.42. The van der Waals surface area contributed by atoms with E-state index in [9.17, 15) is 8.42 Å². The average molecular weight is 538 g/mol. The molecule has 0 saturated carbocycles. The van der Waals surface area contributed by atoms with E-state index in [1.807, 2.05) is 72.8 Å². The average Bonchev–Trinajstić information content (AvgIpc) is 3.58. The summed E-state index contributed by atoms with van der Waals surface area (Å²) < 4.78 is 34.8. The summed E-state index contributed by atoms with van der Waals surface area (Å²) in [4.78, 5) is 11.2. The first-order chi connectivity index (χ1) is 18.6. The summed E-state index contributed by atoms with van der Waals surface area (Å²) in [6.07, 6.45) is 0. The van der Waals surface area contributed by atoms with Crippen molar-refractivity contribution in [2.24, 2.45) is 0 Å². The van der Waals surface area contributed by atoms with Gasteiger partial charge in [0, 0.05) is 11.3 Å². The molecule has 1 aliphatic heterocycles. The van der Waals surface area contributed by atoms with Gasteiger partial charge in [-0.2, -0.15) is 13.4 Å². The molecule has 6 aromatic rings. The minimum absolute atomic E-state index is 0.00891. The number of nitrogens with zero attached hydrogens (tertiary/aromatic N) is 5. The first-order valence-electron chi connectivity index (χ1n) is 11.8. The number of aromatic nitrogens is 4. The largest absolute Gasteiger partial charge is 0.486 e. The number of benzene rings is 4. The lowest BCUT2D eigenvalue weighted by Crippen LogP contribution is -2.28. The van der Waals surface area contributed by atoms with Gasteiger partial charge in [0.2, 0.25) is 5.95 Å². The molecule has 0 unspecified atom stereocenters. The number of rotatable bonds is 5. The Labute approximate surface area is 222 Å². The van der Waals surface area contributed by atoms with Crippen LogP contribution in [0.5, 0.6) is 5.75 Å². The van der Waals surface area contributed by atoms with E-state index < -0.39 is 10.0 Å². The summed E-state index contributed by atoms with van der Waals surface area (Å²) in [7, 11) is -3.91. The van der Waals surface area contributed by atoms with Crippen molar-refractivity contribution in [3.8, 4) is 16.3 Å². The lowest BCUT2D eigenvalue weighted by atomic mass is 10.2. The van der Waals surface area contributed by atoms with Crippen molar-refractivity contribution in [3.05, 3.63) is 109 Å². The highest BCUT2D eigenvalue weighted by atomic mass is 32.2. The molecular formula is C28H19N5O3S2. The Hall–Kier alpha value is -4.54. The van der Waals surface area contributed by atoms with E-state index in [-0.39, 0.29) is 23.3 Å². The van der Waals surface area contributed by atoms with Crippen LogP contribution in [0.2, 0.25) is 0 Å². The van der Waals surface area contributed by atoms with Crippen LogP contribution in [0, 0.1) is 0 Å². The Kier molecular flexibility index (Phi) is 5.24. The molecule has 0 spiro atoms. The van der Waals surface area contributed by atoms with Crippen molar-refractivity contribution in [2.45, 2.75) is 11.5 Å². The molecule has 2 aromatic heterocycles. The third-order valence-corrected chi connectivity index (χ3v) is 8.88. The molecule has 186 valence electrons. The molecule has 38 heavy (non-hydrogen) atoms. The van der Waals surface area contributed by atoms with Gasteiger partial charge in [-0.1, -0.05) is 42.5 Å². The van der Waals surface area contributed by atoms with Crippen LogP contribution in [0.1, 0.15) is 5.82 Å². The van der Waals surface area contributed by atoms with Crippen LogP contribution < -0.4 is 9.64 Å². The smallest absolute Gasteiger partial charge is 0.288 e. The van der Waals surface area contributed by atoms with Gasteiger partial charge >= 0.3 is 0 Å². The van der Waals surface area contributed by atoms with Crippen LogP contribution in [0.25, 0.3) is 20.8 Å². The van der Waals surface area contributed by atoms with Crippen molar-refractivity contribution in [1.29, 1.82) is 0 Å². The first-order valence-corrected chi connectivity index (χ1v) is 14.1. The standard InChI is InChI=1S/C28H19N5O3S2/c34-38(35)25-13-7-5-11-23(25)32(20-8-2-1-3-9-20)28-30-26(31-33(28)38)18-36-21-16-14-19(15-17-21)27-29-22-10-4-6-12-24(22)37-27/h1-17H,18H2. The van der Waals surface area contributed by atoms with E-state index in [1.165, 1.54) is 0 Å². The lowest BCUT2D eigenvalue weighted by Gasteiger charge is -2.29. The van der Waals surface area contributed by atoms with Gasteiger partial charge in [-0.05, 0) is 60.7 Å². The minimum atomic E-state index is -3.91. The summed E-state index contributed by atoms with van der Waals surface area (Å²) in [5.74, 6) is 1.07. The second-order valence-corrected chi connectivity index (χ2v) is 11.4. The van der Waals surface area contributed by atoms with Crippen LogP contribution in [0.15, 0.2) is 108 Å². The SMILES string of the molecule is O=S1(=O)c2ccccc2N(c2ccccc2)c2nc(COc3ccc(-c4nc5ccccc5s4)cc3)nn21. The Bertz CT molecular complexity index is 1870. The number of thiazole rings is 1. The number of fused-ring (bicyclic) bond motifs is 3. The molecule has 8 nitrogen and oxygen atoms in total. The van der Waals surface area contributed by atoms with Crippen LogP contribution in [0.4, 0.5) is 17.3 Å². The van der Waals surface area contributed by atoms with Gasteiger partial charge in [0.1, 0.15) is 22.3 Å². The lowest BCUT2D eigenvalue weighted by molar-refractivity contribution is 0.296. The Balaban J connectivity index is 1.18. The molecule has 0 aliphatic carbocycles. The second kappa shape index (κ2) is 8.79. The molecule has 1 aliphatic rings. The fraction of sp³-hybridized carbons (Fsp3) is 0.0357. The molecule has 0 radical (unpaired) electrons. The molecule has 0 bridgehead atoms. The quantitative estimate of drug-likeness (QED) is 0.260. The summed E-state index contributed by atoms with van der Waals surface area (Å²) in [6.45, 7) is 0.00891. The van der Waals surface area contributed by atoms with Gasteiger partial charge in [-0.25, -0.2) is 4.98 Å². The van der Waals surface area contributed by atoms with Gasteiger partial charge in [0.15, 0.2) is 5.82 Å². The fourth-order valence-electron chi connectivity index (χ4n) is 4.42. The Morgan fingerprint density at radius 3 is 2.34 bits per heavy atom. The maximum absolute atomic E-state index is 13.4. The van der Waals surface area contributed by atoms with Crippen molar-refractivity contribution in [2.75, 3.05) is 4.90 Å². The molecule has 0 atom stereocenters. The van der Waals surface area contributed by atoms with Crippen LogP contribution >= 0.6 is 11.3 Å².